The van der Waals surface area contributed by atoms with Gasteiger partial charge in [-0.25, -0.2) is 0 Å². The summed E-state index contributed by atoms with van der Waals surface area (Å²) in [6, 6.07) is 5.76. The second kappa shape index (κ2) is 3.83. The highest BCUT2D eigenvalue weighted by molar-refractivity contribution is 9.10. The van der Waals surface area contributed by atoms with Gasteiger partial charge < -0.3 is 10.5 Å². The molecule has 78 valence electrons. The minimum absolute atomic E-state index is 0.0991. The Morgan fingerprint density at radius 1 is 1.53 bits per heavy atom. The summed E-state index contributed by atoms with van der Waals surface area (Å²) in [6.45, 7) is 0. The maximum atomic E-state index is 7.38. The molecule has 3 N–H and O–H groups in total. The Balaban J connectivity index is 2.71. The van der Waals surface area contributed by atoms with Gasteiger partial charge in [0, 0.05) is 10.1 Å². The first-order chi connectivity index (χ1) is 7.13. The molecule has 2 aromatic rings. The normalized spacial score (nSPS) is 10.5. The molecule has 15 heavy (non-hydrogen) atoms. The molecule has 0 saturated carbocycles. The van der Waals surface area contributed by atoms with Crippen LogP contribution in [0.3, 0.4) is 0 Å². The molecule has 1 aromatic heterocycles. The number of methoxy groups -OCH3 is 1. The number of hydrogen-bond donors (Lipinski definition) is 2. The van der Waals surface area contributed by atoms with Crippen molar-refractivity contribution in [2.24, 2.45) is 5.73 Å². The van der Waals surface area contributed by atoms with E-state index in [9.17, 15) is 0 Å². The van der Waals surface area contributed by atoms with Gasteiger partial charge in [0.25, 0.3) is 0 Å². The lowest BCUT2D eigenvalue weighted by Gasteiger charge is -2.02. The molecule has 0 atom stereocenters. The summed E-state index contributed by atoms with van der Waals surface area (Å²) in [5.74, 6) is 0.887. The zero-order valence-electron chi connectivity index (χ0n) is 8.00. The smallest absolute Gasteiger partial charge is 0.133 e. The van der Waals surface area contributed by atoms with Gasteiger partial charge in [-0.15, -0.1) is 11.3 Å². The van der Waals surface area contributed by atoms with Gasteiger partial charge in [-0.05, 0) is 34.1 Å². The first-order valence-corrected chi connectivity index (χ1v) is 5.85. The molecule has 1 aromatic carbocycles. The third-order valence-electron chi connectivity index (χ3n) is 2.09. The van der Waals surface area contributed by atoms with E-state index in [0.29, 0.717) is 0 Å². The standard InChI is InChI=1S/C10H9BrN2OS/c1-14-6-2-3-7-5(9(6)11)4-8(15-7)10(12)13/h2-4H,1H3,(H3,12,13). The van der Waals surface area contributed by atoms with Gasteiger partial charge in [-0.3, -0.25) is 5.41 Å². The first kappa shape index (κ1) is 10.4. The molecule has 3 nitrogen and oxygen atoms in total. The minimum Gasteiger partial charge on any atom is -0.496 e. The molecule has 0 saturated heterocycles. The lowest BCUT2D eigenvalue weighted by atomic mass is 10.2. The fourth-order valence-electron chi connectivity index (χ4n) is 1.35. The molecule has 0 amide bonds. The van der Waals surface area contributed by atoms with Crippen LogP contribution in [0.1, 0.15) is 4.88 Å². The van der Waals surface area contributed by atoms with Crippen LogP contribution in [-0.2, 0) is 0 Å². The minimum atomic E-state index is 0.0991. The average Bonchev–Trinajstić information content (AvgIpc) is 2.63. The maximum absolute atomic E-state index is 7.38. The Labute approximate surface area is 99.5 Å². The van der Waals surface area contributed by atoms with Crippen LogP contribution in [-0.4, -0.2) is 12.9 Å². The first-order valence-electron chi connectivity index (χ1n) is 4.24. The predicted octanol–water partition coefficient (Wildman–Crippen LogP) is 2.96. The molecule has 0 unspecified atom stereocenters. The van der Waals surface area contributed by atoms with Gasteiger partial charge in [-0.1, -0.05) is 0 Å². The third kappa shape index (κ3) is 1.72. The molecule has 0 spiro atoms. The summed E-state index contributed by atoms with van der Waals surface area (Å²) >= 11 is 4.98. The molecule has 2 rings (SSSR count). The predicted molar refractivity (Wildman–Crippen MR) is 67.1 cm³/mol. The van der Waals surface area contributed by atoms with E-state index in [4.69, 9.17) is 15.9 Å². The zero-order valence-corrected chi connectivity index (χ0v) is 10.4. The highest BCUT2D eigenvalue weighted by atomic mass is 79.9. The Kier molecular flexibility index (Phi) is 2.67. The van der Waals surface area contributed by atoms with Crippen molar-refractivity contribution in [3.8, 4) is 5.75 Å². The van der Waals surface area contributed by atoms with Crippen LogP contribution in [0.5, 0.6) is 5.75 Å². The van der Waals surface area contributed by atoms with Crippen molar-refractivity contribution in [1.82, 2.24) is 0 Å². The van der Waals surface area contributed by atoms with Crippen molar-refractivity contribution < 1.29 is 4.74 Å². The lowest BCUT2D eigenvalue weighted by molar-refractivity contribution is 0.413. The van der Waals surface area contributed by atoms with E-state index in [2.05, 4.69) is 15.9 Å². The number of nitrogen functional groups attached to an aromatic ring is 1. The largest absolute Gasteiger partial charge is 0.496 e. The number of halogens is 1. The van der Waals surface area contributed by atoms with Gasteiger partial charge in [0.05, 0.1) is 16.5 Å². The average molecular weight is 285 g/mol. The molecule has 0 aliphatic rings. The summed E-state index contributed by atoms with van der Waals surface area (Å²) in [6.07, 6.45) is 0. The third-order valence-corrected chi connectivity index (χ3v) is 4.04. The maximum Gasteiger partial charge on any atom is 0.133 e. The van der Waals surface area contributed by atoms with Crippen LogP contribution in [0, 0.1) is 5.41 Å². The fraction of sp³-hybridized carbons (Fsp3) is 0.100. The molecule has 0 bridgehead atoms. The van der Waals surface area contributed by atoms with Gasteiger partial charge in [0.2, 0.25) is 0 Å². The van der Waals surface area contributed by atoms with E-state index in [1.54, 1.807) is 7.11 Å². The number of nitrogens with two attached hydrogens (primary N) is 1. The summed E-state index contributed by atoms with van der Waals surface area (Å²) < 4.78 is 7.19. The number of thiophene rings is 1. The van der Waals surface area contributed by atoms with E-state index in [0.717, 1.165) is 25.2 Å². The Morgan fingerprint density at radius 3 is 2.87 bits per heavy atom. The Bertz CT molecular complexity index is 535. The van der Waals surface area contributed by atoms with Crippen LogP contribution in [0.4, 0.5) is 0 Å². The SMILES string of the molecule is COc1ccc2sc(C(=N)N)cc2c1Br. The Hall–Kier alpha value is -1.07. The summed E-state index contributed by atoms with van der Waals surface area (Å²) in [5, 5.41) is 8.41. The number of benzene rings is 1. The summed E-state index contributed by atoms with van der Waals surface area (Å²) in [4.78, 5) is 0.777. The van der Waals surface area contributed by atoms with Crippen LogP contribution >= 0.6 is 27.3 Å². The molecule has 1 heterocycles. The van der Waals surface area contributed by atoms with Crippen molar-refractivity contribution in [3.05, 3.63) is 27.5 Å². The molecule has 5 heteroatoms. The van der Waals surface area contributed by atoms with Crippen molar-refractivity contribution in [2.45, 2.75) is 0 Å². The number of amidine groups is 1. The van der Waals surface area contributed by atoms with E-state index in [1.807, 2.05) is 18.2 Å². The van der Waals surface area contributed by atoms with Gasteiger partial charge in [0.15, 0.2) is 0 Å². The van der Waals surface area contributed by atoms with Gasteiger partial charge in [0.1, 0.15) is 11.6 Å². The zero-order chi connectivity index (χ0) is 11.0. The monoisotopic (exact) mass is 284 g/mol. The highest BCUT2D eigenvalue weighted by Gasteiger charge is 2.10. The van der Waals surface area contributed by atoms with Crippen molar-refractivity contribution in [3.63, 3.8) is 0 Å². The highest BCUT2D eigenvalue weighted by Crippen LogP contribution is 2.37. The number of hydrogen-bond acceptors (Lipinski definition) is 3. The van der Waals surface area contributed by atoms with E-state index >= 15 is 0 Å². The summed E-state index contributed by atoms with van der Waals surface area (Å²) in [5.41, 5.74) is 5.45. The van der Waals surface area contributed by atoms with Crippen molar-refractivity contribution in [1.29, 1.82) is 5.41 Å². The fourth-order valence-corrected chi connectivity index (χ4v) is 3.03. The number of nitrogens with one attached hydrogen (secondary N) is 1. The quantitative estimate of drug-likeness (QED) is 0.658. The van der Waals surface area contributed by atoms with Crippen molar-refractivity contribution in [2.75, 3.05) is 7.11 Å². The van der Waals surface area contributed by atoms with Gasteiger partial charge >= 0.3 is 0 Å². The van der Waals surface area contributed by atoms with Crippen LogP contribution in [0.15, 0.2) is 22.7 Å². The molecular formula is C10H9BrN2OS. The topological polar surface area (TPSA) is 59.1 Å². The second-order valence-electron chi connectivity index (χ2n) is 3.02. The Morgan fingerprint density at radius 2 is 2.27 bits per heavy atom. The van der Waals surface area contributed by atoms with Crippen molar-refractivity contribution >= 4 is 43.2 Å². The molecule has 0 radical (unpaired) electrons. The summed E-state index contributed by atoms with van der Waals surface area (Å²) in [7, 11) is 1.63. The van der Waals surface area contributed by atoms with E-state index in [1.165, 1.54) is 11.3 Å². The van der Waals surface area contributed by atoms with Crippen LogP contribution in [0.2, 0.25) is 0 Å². The number of fused-ring (bicyclic) bond motifs is 1. The number of rotatable bonds is 2. The van der Waals surface area contributed by atoms with Crippen LogP contribution in [0.25, 0.3) is 10.1 Å². The van der Waals surface area contributed by atoms with Crippen LogP contribution < -0.4 is 10.5 Å². The number of ether oxygens (including phenoxy) is 1. The van der Waals surface area contributed by atoms with E-state index in [-0.39, 0.29) is 5.84 Å². The second-order valence-corrected chi connectivity index (χ2v) is 4.89. The molecular weight excluding hydrogens is 276 g/mol. The molecule has 0 fully saturated rings. The molecule has 0 aliphatic carbocycles. The lowest BCUT2D eigenvalue weighted by Crippen LogP contribution is -2.08. The van der Waals surface area contributed by atoms with E-state index < -0.39 is 0 Å². The van der Waals surface area contributed by atoms with Gasteiger partial charge in [-0.2, -0.15) is 0 Å². The molecule has 0 aliphatic heterocycles.